The summed E-state index contributed by atoms with van der Waals surface area (Å²) in [5.74, 6) is 0. The molecular weight excluding hydrogens is 199 g/mol. The SMILES string of the molecule is [B]c1ccc(COCC2CCCCO2)cc1. The first-order valence-electron chi connectivity index (χ1n) is 5.88. The maximum atomic E-state index is 5.63. The molecule has 1 aromatic carbocycles. The van der Waals surface area contributed by atoms with Crippen molar-refractivity contribution in [2.75, 3.05) is 13.2 Å². The van der Waals surface area contributed by atoms with E-state index in [1.54, 1.807) is 0 Å². The summed E-state index contributed by atoms with van der Waals surface area (Å²) in [5.41, 5.74) is 1.95. The minimum absolute atomic E-state index is 0.294. The van der Waals surface area contributed by atoms with Gasteiger partial charge in [0.15, 0.2) is 0 Å². The lowest BCUT2D eigenvalue weighted by Crippen LogP contribution is -2.24. The van der Waals surface area contributed by atoms with Crippen molar-refractivity contribution < 1.29 is 9.47 Å². The number of rotatable bonds is 4. The number of hydrogen-bond donors (Lipinski definition) is 0. The van der Waals surface area contributed by atoms with E-state index in [1.807, 2.05) is 24.3 Å². The van der Waals surface area contributed by atoms with E-state index in [2.05, 4.69) is 0 Å². The lowest BCUT2D eigenvalue weighted by molar-refractivity contribution is -0.0447. The molecule has 0 amide bonds. The molecule has 1 heterocycles. The summed E-state index contributed by atoms with van der Waals surface area (Å²) in [6, 6.07) is 7.79. The average molecular weight is 216 g/mol. The van der Waals surface area contributed by atoms with Crippen molar-refractivity contribution in [3.8, 4) is 0 Å². The fourth-order valence-electron chi connectivity index (χ4n) is 1.86. The van der Waals surface area contributed by atoms with Gasteiger partial charge in [0.25, 0.3) is 0 Å². The van der Waals surface area contributed by atoms with Crippen molar-refractivity contribution in [2.45, 2.75) is 32.0 Å². The van der Waals surface area contributed by atoms with Gasteiger partial charge in [0.2, 0.25) is 0 Å². The quantitative estimate of drug-likeness (QED) is 0.711. The standard InChI is InChI=1S/C13H17BO2/c14-12-6-4-11(5-7-12)9-15-10-13-3-1-2-8-16-13/h4-7,13H,1-3,8-10H2. The Kier molecular flexibility index (Phi) is 4.43. The maximum Gasteiger partial charge on any atom is 0.113 e. The lowest BCUT2D eigenvalue weighted by Gasteiger charge is -2.22. The van der Waals surface area contributed by atoms with Gasteiger partial charge in [0.05, 0.1) is 19.3 Å². The van der Waals surface area contributed by atoms with Crippen molar-refractivity contribution in [3.63, 3.8) is 0 Å². The predicted molar refractivity (Wildman–Crippen MR) is 65.1 cm³/mol. The van der Waals surface area contributed by atoms with E-state index in [1.165, 1.54) is 12.8 Å². The summed E-state index contributed by atoms with van der Waals surface area (Å²) >= 11 is 0. The third kappa shape index (κ3) is 3.65. The van der Waals surface area contributed by atoms with Crippen LogP contribution in [0.4, 0.5) is 0 Å². The Bertz CT molecular complexity index is 304. The van der Waals surface area contributed by atoms with Crippen LogP contribution in [0.3, 0.4) is 0 Å². The summed E-state index contributed by atoms with van der Waals surface area (Å²) < 4.78 is 11.2. The summed E-state index contributed by atoms with van der Waals surface area (Å²) in [4.78, 5) is 0. The highest BCUT2D eigenvalue weighted by Crippen LogP contribution is 2.13. The smallest absolute Gasteiger partial charge is 0.113 e. The molecule has 0 spiro atoms. The summed E-state index contributed by atoms with van der Waals surface area (Å²) in [5, 5.41) is 0. The van der Waals surface area contributed by atoms with Crippen molar-refractivity contribution in [1.82, 2.24) is 0 Å². The minimum Gasteiger partial charge on any atom is -0.376 e. The average Bonchev–Trinajstić information content (AvgIpc) is 2.33. The second kappa shape index (κ2) is 6.07. The Labute approximate surface area is 98.4 Å². The van der Waals surface area contributed by atoms with Gasteiger partial charge in [0, 0.05) is 6.61 Å². The normalized spacial score (nSPS) is 20.9. The predicted octanol–water partition coefficient (Wildman–Crippen LogP) is 1.57. The Morgan fingerprint density at radius 3 is 2.75 bits per heavy atom. The van der Waals surface area contributed by atoms with Gasteiger partial charge in [-0.15, -0.1) is 0 Å². The summed E-state index contributed by atoms with van der Waals surface area (Å²) in [6.45, 7) is 2.22. The Morgan fingerprint density at radius 1 is 1.25 bits per heavy atom. The molecule has 2 nitrogen and oxygen atoms in total. The number of ether oxygens (including phenoxy) is 2. The van der Waals surface area contributed by atoms with Crippen LogP contribution in [0.25, 0.3) is 0 Å². The zero-order chi connectivity index (χ0) is 11.2. The number of hydrogen-bond acceptors (Lipinski definition) is 2. The van der Waals surface area contributed by atoms with Crippen LogP contribution in [0.5, 0.6) is 0 Å². The molecule has 2 radical (unpaired) electrons. The molecular formula is C13H17BO2. The van der Waals surface area contributed by atoms with Gasteiger partial charge in [-0.2, -0.15) is 0 Å². The van der Waals surface area contributed by atoms with Crippen molar-refractivity contribution in [2.24, 2.45) is 0 Å². The zero-order valence-electron chi connectivity index (χ0n) is 9.52. The lowest BCUT2D eigenvalue weighted by atomic mass is 9.95. The first-order chi connectivity index (χ1) is 7.84. The Morgan fingerprint density at radius 2 is 2.06 bits per heavy atom. The van der Waals surface area contributed by atoms with Crippen molar-refractivity contribution >= 4 is 13.3 Å². The molecule has 3 heteroatoms. The van der Waals surface area contributed by atoms with Crippen LogP contribution >= 0.6 is 0 Å². The van der Waals surface area contributed by atoms with E-state index in [9.17, 15) is 0 Å². The fourth-order valence-corrected chi connectivity index (χ4v) is 1.86. The summed E-state index contributed by atoms with van der Waals surface area (Å²) in [7, 11) is 5.61. The highest BCUT2D eigenvalue weighted by atomic mass is 16.5. The van der Waals surface area contributed by atoms with Gasteiger partial charge < -0.3 is 9.47 Å². The van der Waals surface area contributed by atoms with Crippen molar-refractivity contribution in [1.29, 1.82) is 0 Å². The molecule has 1 aliphatic rings. The maximum absolute atomic E-state index is 5.63. The molecule has 1 saturated heterocycles. The van der Waals surface area contributed by atoms with E-state index < -0.39 is 0 Å². The molecule has 1 fully saturated rings. The molecule has 84 valence electrons. The Balaban J connectivity index is 1.69. The number of benzene rings is 1. The van der Waals surface area contributed by atoms with Crippen LogP contribution in [0.2, 0.25) is 0 Å². The van der Waals surface area contributed by atoms with Crippen LogP contribution in [-0.2, 0) is 16.1 Å². The molecule has 1 atom stereocenters. The largest absolute Gasteiger partial charge is 0.376 e. The summed E-state index contributed by atoms with van der Waals surface area (Å²) in [6.07, 6.45) is 3.87. The Hall–Kier alpha value is -0.795. The van der Waals surface area contributed by atoms with Crippen LogP contribution in [0.1, 0.15) is 24.8 Å². The van der Waals surface area contributed by atoms with Crippen LogP contribution in [0, 0.1) is 0 Å². The minimum atomic E-state index is 0.294. The second-order valence-corrected chi connectivity index (χ2v) is 4.25. The zero-order valence-corrected chi connectivity index (χ0v) is 9.52. The molecule has 16 heavy (non-hydrogen) atoms. The van der Waals surface area contributed by atoms with E-state index in [-0.39, 0.29) is 0 Å². The fraction of sp³-hybridized carbons (Fsp3) is 0.538. The molecule has 1 aliphatic heterocycles. The monoisotopic (exact) mass is 216 g/mol. The second-order valence-electron chi connectivity index (χ2n) is 4.25. The van der Waals surface area contributed by atoms with Crippen LogP contribution in [-0.4, -0.2) is 27.2 Å². The van der Waals surface area contributed by atoms with Gasteiger partial charge >= 0.3 is 0 Å². The van der Waals surface area contributed by atoms with Gasteiger partial charge in [-0.25, -0.2) is 0 Å². The molecule has 0 aromatic heterocycles. The van der Waals surface area contributed by atoms with Crippen molar-refractivity contribution in [3.05, 3.63) is 29.8 Å². The van der Waals surface area contributed by atoms with E-state index in [0.29, 0.717) is 19.3 Å². The van der Waals surface area contributed by atoms with Gasteiger partial charge in [-0.05, 0) is 24.8 Å². The van der Waals surface area contributed by atoms with E-state index in [4.69, 9.17) is 17.3 Å². The van der Waals surface area contributed by atoms with E-state index in [0.717, 1.165) is 24.1 Å². The molecule has 2 rings (SSSR count). The van der Waals surface area contributed by atoms with Gasteiger partial charge in [-0.1, -0.05) is 29.7 Å². The molecule has 0 aliphatic carbocycles. The third-order valence-electron chi connectivity index (χ3n) is 2.83. The highest BCUT2D eigenvalue weighted by Gasteiger charge is 2.13. The molecule has 0 N–H and O–H groups in total. The molecule has 0 saturated carbocycles. The molecule has 1 aromatic rings. The first-order valence-corrected chi connectivity index (χ1v) is 5.88. The highest BCUT2D eigenvalue weighted by molar-refractivity contribution is 6.32. The van der Waals surface area contributed by atoms with Crippen LogP contribution < -0.4 is 5.46 Å². The first kappa shape index (κ1) is 11.7. The van der Waals surface area contributed by atoms with Gasteiger partial charge in [-0.3, -0.25) is 0 Å². The van der Waals surface area contributed by atoms with Gasteiger partial charge in [0.1, 0.15) is 7.85 Å². The molecule has 1 unspecified atom stereocenters. The molecule has 0 bridgehead atoms. The van der Waals surface area contributed by atoms with E-state index >= 15 is 0 Å². The van der Waals surface area contributed by atoms with Crippen LogP contribution in [0.15, 0.2) is 24.3 Å². The topological polar surface area (TPSA) is 18.5 Å². The third-order valence-corrected chi connectivity index (χ3v) is 2.83.